The van der Waals surface area contributed by atoms with Crippen molar-refractivity contribution in [2.24, 2.45) is 5.92 Å². The molecule has 3 nitrogen and oxygen atoms in total. The van der Waals surface area contributed by atoms with Crippen molar-refractivity contribution in [2.45, 2.75) is 18.6 Å². The molecule has 1 aromatic carbocycles. The SMILES string of the molecule is O=S(=O)(Cc1ccccc1)N1CCC(CBr)CC1. The second-order valence-electron chi connectivity index (χ2n) is 4.74. The predicted octanol–water partition coefficient (Wildman–Crippen LogP) is 2.62. The van der Waals surface area contributed by atoms with Crippen LogP contribution in [0.1, 0.15) is 18.4 Å². The number of nitrogens with zero attached hydrogens (tertiary/aromatic N) is 1. The van der Waals surface area contributed by atoms with Crippen molar-refractivity contribution >= 4 is 26.0 Å². The van der Waals surface area contributed by atoms with Crippen molar-refractivity contribution in [2.75, 3.05) is 18.4 Å². The molecule has 2 rings (SSSR count). The van der Waals surface area contributed by atoms with E-state index in [0.717, 1.165) is 23.7 Å². The van der Waals surface area contributed by atoms with Gasteiger partial charge in [0.1, 0.15) is 0 Å². The fraction of sp³-hybridized carbons (Fsp3) is 0.538. The fourth-order valence-electron chi connectivity index (χ4n) is 2.22. The minimum absolute atomic E-state index is 0.118. The minimum atomic E-state index is -3.15. The second-order valence-corrected chi connectivity index (χ2v) is 7.35. The summed E-state index contributed by atoms with van der Waals surface area (Å²) >= 11 is 3.47. The lowest BCUT2D eigenvalue weighted by atomic mass is 10.0. The molecular weight excluding hydrogens is 314 g/mol. The predicted molar refractivity (Wildman–Crippen MR) is 77.2 cm³/mol. The van der Waals surface area contributed by atoms with Gasteiger partial charge >= 0.3 is 0 Å². The molecule has 0 aromatic heterocycles. The molecule has 100 valence electrons. The van der Waals surface area contributed by atoms with Crippen molar-refractivity contribution in [3.8, 4) is 0 Å². The first-order chi connectivity index (χ1) is 8.62. The molecule has 0 saturated carbocycles. The number of rotatable bonds is 4. The van der Waals surface area contributed by atoms with Crippen LogP contribution < -0.4 is 0 Å². The molecule has 1 fully saturated rings. The van der Waals surface area contributed by atoms with Crippen LogP contribution in [-0.2, 0) is 15.8 Å². The molecule has 0 amide bonds. The lowest BCUT2D eigenvalue weighted by Gasteiger charge is -2.30. The Hall–Kier alpha value is -0.390. The zero-order chi connectivity index (χ0) is 13.0. The maximum atomic E-state index is 12.3. The minimum Gasteiger partial charge on any atom is -0.212 e. The van der Waals surface area contributed by atoms with Crippen molar-refractivity contribution in [3.63, 3.8) is 0 Å². The molecule has 1 aliphatic heterocycles. The third kappa shape index (κ3) is 3.56. The smallest absolute Gasteiger partial charge is 0.212 e. The quantitative estimate of drug-likeness (QED) is 0.795. The van der Waals surface area contributed by atoms with Crippen molar-refractivity contribution < 1.29 is 8.42 Å². The molecule has 0 aliphatic carbocycles. The van der Waals surface area contributed by atoms with Gasteiger partial charge in [-0.2, -0.15) is 0 Å². The van der Waals surface area contributed by atoms with Crippen molar-refractivity contribution in [1.29, 1.82) is 0 Å². The Balaban J connectivity index is 2.00. The summed E-state index contributed by atoms with van der Waals surface area (Å²) in [7, 11) is -3.15. The summed E-state index contributed by atoms with van der Waals surface area (Å²) in [6.45, 7) is 1.32. The number of hydrogen-bond acceptors (Lipinski definition) is 2. The topological polar surface area (TPSA) is 37.4 Å². The maximum Gasteiger partial charge on any atom is 0.218 e. The van der Waals surface area contributed by atoms with E-state index in [-0.39, 0.29) is 5.75 Å². The fourth-order valence-corrected chi connectivity index (χ4v) is 4.43. The van der Waals surface area contributed by atoms with Crippen LogP contribution in [-0.4, -0.2) is 31.1 Å². The molecular formula is C13H18BrNO2S. The Bertz CT molecular complexity index is 467. The van der Waals surface area contributed by atoms with Crippen LogP contribution >= 0.6 is 15.9 Å². The van der Waals surface area contributed by atoms with Gasteiger partial charge in [0.2, 0.25) is 10.0 Å². The van der Waals surface area contributed by atoms with Gasteiger partial charge in [-0.15, -0.1) is 0 Å². The lowest BCUT2D eigenvalue weighted by molar-refractivity contribution is 0.291. The summed E-state index contributed by atoms with van der Waals surface area (Å²) in [5.74, 6) is 0.737. The molecule has 0 bridgehead atoms. The Kier molecular flexibility index (Phi) is 4.81. The number of piperidine rings is 1. The Morgan fingerprint density at radius 1 is 1.17 bits per heavy atom. The van der Waals surface area contributed by atoms with Crippen molar-refractivity contribution in [3.05, 3.63) is 35.9 Å². The molecule has 18 heavy (non-hydrogen) atoms. The summed E-state index contributed by atoms with van der Waals surface area (Å²) < 4.78 is 26.2. The first-order valence-electron chi connectivity index (χ1n) is 6.19. The molecule has 0 radical (unpaired) electrons. The Morgan fingerprint density at radius 2 is 1.78 bits per heavy atom. The first-order valence-corrected chi connectivity index (χ1v) is 8.92. The number of sulfonamides is 1. The van der Waals surface area contributed by atoms with E-state index in [2.05, 4.69) is 15.9 Å². The van der Waals surface area contributed by atoms with E-state index in [0.29, 0.717) is 19.0 Å². The Labute approximate surface area is 117 Å². The standard InChI is InChI=1S/C13H18BrNO2S/c14-10-12-6-8-15(9-7-12)18(16,17)11-13-4-2-1-3-5-13/h1-5,12H,6-11H2. The van der Waals surface area contributed by atoms with Gasteiger partial charge in [-0.05, 0) is 24.3 Å². The summed E-state index contributed by atoms with van der Waals surface area (Å²) in [5.41, 5.74) is 0.861. The third-order valence-electron chi connectivity index (χ3n) is 3.38. The highest BCUT2D eigenvalue weighted by Crippen LogP contribution is 2.22. The van der Waals surface area contributed by atoms with Crippen LogP contribution in [0.4, 0.5) is 0 Å². The molecule has 1 aromatic rings. The molecule has 1 heterocycles. The van der Waals surface area contributed by atoms with Crippen LogP contribution in [0.2, 0.25) is 0 Å². The molecule has 0 N–H and O–H groups in total. The van der Waals surface area contributed by atoms with Gasteiger partial charge in [0, 0.05) is 18.4 Å². The van der Waals surface area contributed by atoms with Crippen LogP contribution in [0.3, 0.4) is 0 Å². The van der Waals surface area contributed by atoms with Gasteiger partial charge in [0.05, 0.1) is 5.75 Å². The zero-order valence-corrected chi connectivity index (χ0v) is 12.7. The normalized spacial score (nSPS) is 18.9. The lowest BCUT2D eigenvalue weighted by Crippen LogP contribution is -2.39. The van der Waals surface area contributed by atoms with Crippen LogP contribution in [0.25, 0.3) is 0 Å². The van der Waals surface area contributed by atoms with E-state index in [9.17, 15) is 8.42 Å². The average molecular weight is 332 g/mol. The monoisotopic (exact) mass is 331 g/mol. The van der Waals surface area contributed by atoms with Gasteiger partial charge in [-0.3, -0.25) is 0 Å². The maximum absolute atomic E-state index is 12.3. The number of hydrogen-bond donors (Lipinski definition) is 0. The van der Waals surface area contributed by atoms with Gasteiger partial charge < -0.3 is 0 Å². The zero-order valence-electron chi connectivity index (χ0n) is 10.3. The van der Waals surface area contributed by atoms with Gasteiger partial charge in [0.15, 0.2) is 0 Å². The highest BCUT2D eigenvalue weighted by Gasteiger charge is 2.27. The van der Waals surface area contributed by atoms with E-state index >= 15 is 0 Å². The molecule has 0 spiro atoms. The number of alkyl halides is 1. The van der Waals surface area contributed by atoms with E-state index in [1.807, 2.05) is 30.3 Å². The highest BCUT2D eigenvalue weighted by molar-refractivity contribution is 9.09. The van der Waals surface area contributed by atoms with Crippen LogP contribution in [0.5, 0.6) is 0 Å². The molecule has 0 atom stereocenters. The Morgan fingerprint density at radius 3 is 2.33 bits per heavy atom. The van der Waals surface area contributed by atoms with Gasteiger partial charge in [-0.1, -0.05) is 46.3 Å². The van der Waals surface area contributed by atoms with E-state index in [1.54, 1.807) is 4.31 Å². The summed E-state index contributed by atoms with van der Waals surface area (Å²) in [5, 5.41) is 0.972. The summed E-state index contributed by atoms with van der Waals surface area (Å²) in [6.07, 6.45) is 1.92. The summed E-state index contributed by atoms with van der Waals surface area (Å²) in [4.78, 5) is 0. The van der Waals surface area contributed by atoms with Gasteiger partial charge in [0.25, 0.3) is 0 Å². The number of benzene rings is 1. The molecule has 5 heteroatoms. The van der Waals surface area contributed by atoms with E-state index < -0.39 is 10.0 Å². The number of halogens is 1. The average Bonchev–Trinajstić information content (AvgIpc) is 2.39. The van der Waals surface area contributed by atoms with E-state index in [1.165, 1.54) is 0 Å². The van der Waals surface area contributed by atoms with Crippen LogP contribution in [0, 0.1) is 5.92 Å². The highest BCUT2D eigenvalue weighted by atomic mass is 79.9. The van der Waals surface area contributed by atoms with Crippen LogP contribution in [0.15, 0.2) is 30.3 Å². The molecule has 0 unspecified atom stereocenters. The van der Waals surface area contributed by atoms with Gasteiger partial charge in [-0.25, -0.2) is 12.7 Å². The molecule has 1 aliphatic rings. The molecule has 1 saturated heterocycles. The second kappa shape index (κ2) is 6.17. The van der Waals surface area contributed by atoms with Crippen molar-refractivity contribution in [1.82, 2.24) is 4.31 Å². The first kappa shape index (κ1) is 14.0. The largest absolute Gasteiger partial charge is 0.218 e. The van der Waals surface area contributed by atoms with E-state index in [4.69, 9.17) is 0 Å². The third-order valence-corrected chi connectivity index (χ3v) is 6.14. The summed E-state index contributed by atoms with van der Waals surface area (Å²) in [6, 6.07) is 9.38.